The summed E-state index contributed by atoms with van der Waals surface area (Å²) in [5, 5.41) is 2.56. The zero-order valence-electron chi connectivity index (χ0n) is 16.5. The van der Waals surface area contributed by atoms with E-state index in [1.807, 2.05) is 63.2 Å². The Kier molecular flexibility index (Phi) is 4.54. The van der Waals surface area contributed by atoms with E-state index in [-0.39, 0.29) is 27.2 Å². The molecule has 0 unspecified atom stereocenters. The van der Waals surface area contributed by atoms with Crippen molar-refractivity contribution in [2.24, 2.45) is 0 Å². The summed E-state index contributed by atoms with van der Waals surface area (Å²) < 4.78 is 0. The molecule has 3 N–H and O–H groups in total. The van der Waals surface area contributed by atoms with Gasteiger partial charge in [0.25, 0.3) is 11.1 Å². The van der Waals surface area contributed by atoms with Gasteiger partial charge in [0.05, 0.1) is 12.0 Å². The lowest BCUT2D eigenvalue weighted by molar-refractivity contribution is 0.571. The van der Waals surface area contributed by atoms with Crippen LogP contribution in [0.25, 0.3) is 22.9 Å². The summed E-state index contributed by atoms with van der Waals surface area (Å²) in [6.07, 6.45) is 4.85. The van der Waals surface area contributed by atoms with E-state index < -0.39 is 0 Å². The highest BCUT2D eigenvalue weighted by atomic mass is 16.1. The van der Waals surface area contributed by atoms with E-state index in [1.165, 1.54) is 0 Å². The summed E-state index contributed by atoms with van der Waals surface area (Å²) in [4.78, 5) is 37.9. The van der Waals surface area contributed by atoms with Gasteiger partial charge in [-0.1, -0.05) is 57.2 Å². The summed E-state index contributed by atoms with van der Waals surface area (Å²) in [5.74, 6) is 0. The second-order valence-corrected chi connectivity index (χ2v) is 8.04. The van der Waals surface area contributed by atoms with Gasteiger partial charge in [0.15, 0.2) is 0 Å². The fourth-order valence-corrected chi connectivity index (χ4v) is 3.31. The van der Waals surface area contributed by atoms with Crippen LogP contribution in [0.4, 0.5) is 0 Å². The number of hydrogen-bond acceptors (Lipinski definition) is 3. The maximum atomic E-state index is 12.6. The molecule has 0 radical (unpaired) electrons. The molecule has 0 fully saturated rings. The maximum Gasteiger partial charge on any atom is 0.272 e. The molecule has 4 rings (SSSR count). The molecule has 6 heteroatoms. The fraction of sp³-hybridized carbons (Fsp3) is 0.174. The lowest BCUT2D eigenvalue weighted by Crippen LogP contribution is -2.46. The van der Waals surface area contributed by atoms with Gasteiger partial charge in [-0.2, -0.15) is 0 Å². The summed E-state index contributed by atoms with van der Waals surface area (Å²) in [7, 11) is 0. The molecule has 2 aromatic heterocycles. The maximum absolute atomic E-state index is 12.6. The monoisotopic (exact) mass is 386 g/mol. The second-order valence-electron chi connectivity index (χ2n) is 8.04. The molecule has 0 aliphatic heterocycles. The van der Waals surface area contributed by atoms with Crippen molar-refractivity contribution in [3.05, 3.63) is 97.1 Å². The van der Waals surface area contributed by atoms with E-state index in [1.54, 1.807) is 18.5 Å². The zero-order chi connectivity index (χ0) is 20.6. The van der Waals surface area contributed by atoms with Crippen molar-refractivity contribution in [3.8, 4) is 0 Å². The van der Waals surface area contributed by atoms with Crippen molar-refractivity contribution in [3.63, 3.8) is 0 Å². The number of fused-ring (bicyclic) bond motifs is 1. The first-order chi connectivity index (χ1) is 13.8. The molecule has 0 atom stereocenters. The predicted octanol–water partition coefficient (Wildman–Crippen LogP) is 1.89. The minimum atomic E-state index is -0.375. The van der Waals surface area contributed by atoms with Gasteiger partial charge in [-0.25, -0.2) is 4.98 Å². The Morgan fingerprint density at radius 1 is 0.862 bits per heavy atom. The highest BCUT2D eigenvalue weighted by Crippen LogP contribution is 2.22. The number of nitrogens with zero attached hydrogens (tertiary/aromatic N) is 1. The minimum Gasteiger partial charge on any atom is -0.348 e. The van der Waals surface area contributed by atoms with Crippen LogP contribution in [-0.2, 0) is 5.41 Å². The third-order valence-corrected chi connectivity index (χ3v) is 4.77. The normalized spacial score (nSPS) is 13.3. The highest BCUT2D eigenvalue weighted by molar-refractivity contribution is 5.84. The number of rotatable bonds is 2. The Labute approximate surface area is 166 Å². The number of benzene rings is 2. The van der Waals surface area contributed by atoms with Crippen LogP contribution in [0.3, 0.4) is 0 Å². The van der Waals surface area contributed by atoms with Crippen LogP contribution >= 0.6 is 0 Å². The minimum absolute atomic E-state index is 0.167. The molecular weight excluding hydrogens is 364 g/mol. The van der Waals surface area contributed by atoms with Crippen molar-refractivity contribution in [2.75, 3.05) is 0 Å². The Hall–Kier alpha value is -3.67. The molecule has 0 aliphatic rings. The summed E-state index contributed by atoms with van der Waals surface area (Å²) in [5.41, 5.74) is 1.45. The van der Waals surface area contributed by atoms with Crippen molar-refractivity contribution >= 4 is 22.9 Å². The summed E-state index contributed by atoms with van der Waals surface area (Å²) >= 11 is 0. The van der Waals surface area contributed by atoms with Crippen LogP contribution in [0, 0.1) is 0 Å². The lowest BCUT2D eigenvalue weighted by atomic mass is 9.90. The van der Waals surface area contributed by atoms with Gasteiger partial charge in [-0.15, -0.1) is 0 Å². The van der Waals surface area contributed by atoms with Crippen LogP contribution in [0.2, 0.25) is 0 Å². The Morgan fingerprint density at radius 2 is 1.52 bits per heavy atom. The molecule has 146 valence electrons. The first kappa shape index (κ1) is 18.7. The molecule has 2 heterocycles. The van der Waals surface area contributed by atoms with E-state index in [0.717, 1.165) is 22.0 Å². The van der Waals surface area contributed by atoms with Crippen LogP contribution in [0.1, 0.15) is 37.7 Å². The molecule has 0 amide bonds. The molecule has 4 aromatic rings. The van der Waals surface area contributed by atoms with Crippen molar-refractivity contribution in [1.29, 1.82) is 0 Å². The number of aromatic amines is 3. The van der Waals surface area contributed by atoms with Gasteiger partial charge in [-0.05, 0) is 34.6 Å². The Balaban J connectivity index is 1.82. The molecule has 0 aliphatic carbocycles. The number of nitrogens with one attached hydrogen (secondary N) is 3. The molecule has 29 heavy (non-hydrogen) atoms. The van der Waals surface area contributed by atoms with Gasteiger partial charge in [0.2, 0.25) is 0 Å². The van der Waals surface area contributed by atoms with Gasteiger partial charge < -0.3 is 15.0 Å². The summed E-state index contributed by atoms with van der Waals surface area (Å²) in [6, 6.07) is 13.9. The van der Waals surface area contributed by atoms with E-state index in [2.05, 4.69) is 19.9 Å². The van der Waals surface area contributed by atoms with E-state index in [9.17, 15) is 9.59 Å². The molecular formula is C23H22N4O2. The first-order valence-electron chi connectivity index (χ1n) is 9.40. The summed E-state index contributed by atoms with van der Waals surface area (Å²) in [6.45, 7) is 6.14. The fourth-order valence-electron chi connectivity index (χ4n) is 3.31. The Bertz CT molecular complexity index is 1430. The van der Waals surface area contributed by atoms with Gasteiger partial charge in [0, 0.05) is 11.1 Å². The average molecular weight is 386 g/mol. The topological polar surface area (TPSA) is 94.4 Å². The number of hydrogen-bond donors (Lipinski definition) is 3. The van der Waals surface area contributed by atoms with Crippen molar-refractivity contribution < 1.29 is 0 Å². The lowest BCUT2D eigenvalue weighted by Gasteiger charge is -2.16. The molecule has 0 saturated heterocycles. The second kappa shape index (κ2) is 7.05. The number of aromatic nitrogens is 4. The third kappa shape index (κ3) is 3.82. The average Bonchev–Trinajstić information content (AvgIpc) is 3.14. The molecule has 0 spiro atoms. The van der Waals surface area contributed by atoms with Crippen LogP contribution in [0.5, 0.6) is 0 Å². The van der Waals surface area contributed by atoms with Gasteiger partial charge >= 0.3 is 0 Å². The van der Waals surface area contributed by atoms with Crippen molar-refractivity contribution in [1.82, 2.24) is 19.9 Å². The van der Waals surface area contributed by atoms with E-state index >= 15 is 0 Å². The van der Waals surface area contributed by atoms with Gasteiger partial charge in [0.1, 0.15) is 10.7 Å². The van der Waals surface area contributed by atoms with Crippen molar-refractivity contribution in [2.45, 2.75) is 26.2 Å². The number of imidazole rings is 1. The number of H-pyrrole nitrogens is 3. The van der Waals surface area contributed by atoms with Crippen LogP contribution in [-0.4, -0.2) is 19.9 Å². The van der Waals surface area contributed by atoms with Gasteiger partial charge in [-0.3, -0.25) is 9.59 Å². The first-order valence-corrected chi connectivity index (χ1v) is 9.40. The van der Waals surface area contributed by atoms with E-state index in [0.29, 0.717) is 5.69 Å². The molecule has 0 bridgehead atoms. The van der Waals surface area contributed by atoms with Crippen LogP contribution < -0.4 is 21.8 Å². The molecule has 0 saturated carbocycles. The largest absolute Gasteiger partial charge is 0.348 e. The third-order valence-electron chi connectivity index (χ3n) is 4.77. The van der Waals surface area contributed by atoms with Crippen LogP contribution in [0.15, 0.2) is 58.4 Å². The Morgan fingerprint density at radius 3 is 2.21 bits per heavy atom. The molecule has 2 aromatic carbocycles. The predicted molar refractivity (Wildman–Crippen MR) is 115 cm³/mol. The smallest absolute Gasteiger partial charge is 0.272 e. The molecule has 6 nitrogen and oxygen atoms in total. The SMILES string of the molecule is CC(C)(C)c1[nH]cnc1/C=c1\[nH]c(=O)/c(=C/c2ccc3ccccc3c2)[nH]c1=O. The standard InChI is InChI=1S/C23H22N4O2/c1-23(2,3)20-17(24-13-25-20)12-19-22(29)26-18(21(28)27-19)11-14-8-9-15-6-4-5-7-16(15)10-14/h4-13H,1-3H3,(H,24,25)(H,26,29)(H,27,28)/b18-11-,19-12-. The highest BCUT2D eigenvalue weighted by Gasteiger charge is 2.19. The zero-order valence-corrected chi connectivity index (χ0v) is 16.5. The van der Waals surface area contributed by atoms with E-state index in [4.69, 9.17) is 0 Å². The quantitative estimate of drug-likeness (QED) is 0.491.